The molecule has 1 unspecified atom stereocenters. The monoisotopic (exact) mass is 403 g/mol. The average Bonchev–Trinajstić information content (AvgIpc) is 3.54. The second-order valence-electron chi connectivity index (χ2n) is 8.86. The molecule has 1 saturated carbocycles. The summed E-state index contributed by atoms with van der Waals surface area (Å²) in [4.78, 5) is 20.3. The molecule has 0 N–H and O–H groups in total. The maximum absolute atomic E-state index is 13.1. The lowest BCUT2D eigenvalue weighted by atomic mass is 10.0. The number of nitrogens with zero attached hydrogens (tertiary/aromatic N) is 5. The predicted molar refractivity (Wildman–Crippen MR) is 113 cm³/mol. The van der Waals surface area contributed by atoms with Crippen molar-refractivity contribution in [3.8, 4) is 0 Å². The first kappa shape index (κ1) is 20.8. The minimum Gasteiger partial charge on any atom is -0.379 e. The van der Waals surface area contributed by atoms with Crippen LogP contribution in [-0.2, 0) is 22.6 Å². The van der Waals surface area contributed by atoms with Gasteiger partial charge in [0.15, 0.2) is 0 Å². The lowest BCUT2D eigenvalue weighted by Crippen LogP contribution is -2.53. The molecule has 7 nitrogen and oxygen atoms in total. The molecule has 162 valence electrons. The van der Waals surface area contributed by atoms with Crippen LogP contribution in [0.1, 0.15) is 43.9 Å². The number of rotatable bonds is 8. The summed E-state index contributed by atoms with van der Waals surface area (Å²) in [5, 5.41) is 4.50. The molecule has 1 aliphatic carbocycles. The Morgan fingerprint density at radius 2 is 2.00 bits per heavy atom. The molecule has 29 heavy (non-hydrogen) atoms. The molecular formula is C22H37N5O2. The molecule has 4 rings (SSSR count). The molecule has 1 aromatic heterocycles. The van der Waals surface area contributed by atoms with E-state index in [0.717, 1.165) is 91.3 Å². The van der Waals surface area contributed by atoms with Crippen LogP contribution in [0.15, 0.2) is 6.20 Å². The van der Waals surface area contributed by atoms with E-state index >= 15 is 0 Å². The summed E-state index contributed by atoms with van der Waals surface area (Å²) in [6.07, 6.45) is 6.48. The first-order chi connectivity index (χ1) is 14.2. The van der Waals surface area contributed by atoms with Gasteiger partial charge in [-0.25, -0.2) is 0 Å². The number of amides is 1. The highest BCUT2D eigenvalue weighted by Gasteiger charge is 2.37. The van der Waals surface area contributed by atoms with E-state index < -0.39 is 0 Å². The lowest BCUT2D eigenvalue weighted by Gasteiger charge is -2.40. The summed E-state index contributed by atoms with van der Waals surface area (Å²) >= 11 is 0. The molecule has 3 fully saturated rings. The average molecular weight is 404 g/mol. The highest BCUT2D eigenvalue weighted by molar-refractivity contribution is 5.81. The molecule has 3 aliphatic rings. The fourth-order valence-corrected chi connectivity index (χ4v) is 4.74. The van der Waals surface area contributed by atoms with E-state index in [1.165, 1.54) is 11.3 Å². The van der Waals surface area contributed by atoms with Gasteiger partial charge >= 0.3 is 0 Å². The molecule has 1 atom stereocenters. The van der Waals surface area contributed by atoms with E-state index in [0.29, 0.717) is 17.9 Å². The number of aromatic nitrogens is 2. The maximum atomic E-state index is 13.1. The van der Waals surface area contributed by atoms with Gasteiger partial charge in [0.1, 0.15) is 0 Å². The molecule has 2 saturated heterocycles. The Morgan fingerprint density at radius 1 is 1.21 bits per heavy atom. The van der Waals surface area contributed by atoms with E-state index in [9.17, 15) is 4.79 Å². The molecule has 3 heterocycles. The van der Waals surface area contributed by atoms with Crippen molar-refractivity contribution < 1.29 is 9.53 Å². The van der Waals surface area contributed by atoms with E-state index in [-0.39, 0.29) is 0 Å². The fourth-order valence-electron chi connectivity index (χ4n) is 4.74. The van der Waals surface area contributed by atoms with Crippen LogP contribution in [-0.4, -0.2) is 88.9 Å². The summed E-state index contributed by atoms with van der Waals surface area (Å²) < 4.78 is 7.54. The summed E-state index contributed by atoms with van der Waals surface area (Å²) in [6.45, 7) is 13.7. The van der Waals surface area contributed by atoms with Crippen molar-refractivity contribution in [1.29, 1.82) is 0 Å². The maximum Gasteiger partial charge on any atom is 0.226 e. The smallest absolute Gasteiger partial charge is 0.226 e. The van der Waals surface area contributed by atoms with Gasteiger partial charge in [-0.15, -0.1) is 0 Å². The number of carbonyl (C=O) groups excluding carboxylic acids is 1. The van der Waals surface area contributed by atoms with Crippen LogP contribution in [0.25, 0.3) is 0 Å². The second-order valence-corrected chi connectivity index (χ2v) is 8.86. The van der Waals surface area contributed by atoms with Crippen LogP contribution in [0.3, 0.4) is 0 Å². The quantitative estimate of drug-likeness (QED) is 0.662. The topological polar surface area (TPSA) is 53.8 Å². The molecule has 0 radical (unpaired) electrons. The number of likely N-dealkylation sites (tertiary alicyclic amines) is 1. The Bertz CT molecular complexity index is 681. The molecular weight excluding hydrogens is 366 g/mol. The summed E-state index contributed by atoms with van der Waals surface area (Å²) in [5.41, 5.74) is 2.59. The zero-order valence-electron chi connectivity index (χ0n) is 18.2. The zero-order valence-corrected chi connectivity index (χ0v) is 18.2. The van der Waals surface area contributed by atoms with Crippen molar-refractivity contribution in [3.05, 3.63) is 17.5 Å². The Balaban J connectivity index is 1.38. The number of hydrogen-bond donors (Lipinski definition) is 0. The van der Waals surface area contributed by atoms with Crippen molar-refractivity contribution in [1.82, 2.24) is 24.5 Å². The Kier molecular flexibility index (Phi) is 6.88. The van der Waals surface area contributed by atoms with Crippen molar-refractivity contribution in [2.45, 2.75) is 58.7 Å². The number of carbonyl (C=O) groups is 1. The third-order valence-electron chi connectivity index (χ3n) is 6.79. The second kappa shape index (κ2) is 9.58. The molecule has 7 heteroatoms. The molecule has 1 amide bonds. The minimum atomic E-state index is 0.292. The first-order valence-electron chi connectivity index (χ1n) is 11.5. The number of hydrogen-bond acceptors (Lipinski definition) is 5. The Labute approximate surface area is 175 Å². The van der Waals surface area contributed by atoms with Crippen LogP contribution in [0, 0.1) is 12.8 Å². The van der Waals surface area contributed by atoms with Gasteiger partial charge in [0.25, 0.3) is 0 Å². The van der Waals surface area contributed by atoms with Gasteiger partial charge in [-0.1, -0.05) is 0 Å². The van der Waals surface area contributed by atoms with E-state index in [2.05, 4.69) is 38.3 Å². The van der Waals surface area contributed by atoms with E-state index in [4.69, 9.17) is 4.74 Å². The summed E-state index contributed by atoms with van der Waals surface area (Å²) in [5.74, 6) is 0.695. The van der Waals surface area contributed by atoms with E-state index in [1.54, 1.807) is 0 Å². The van der Waals surface area contributed by atoms with Crippen LogP contribution in [0.5, 0.6) is 0 Å². The number of piperidine rings is 1. The zero-order chi connectivity index (χ0) is 20.2. The van der Waals surface area contributed by atoms with E-state index in [1.807, 2.05) is 6.20 Å². The van der Waals surface area contributed by atoms with Gasteiger partial charge in [0, 0.05) is 69.0 Å². The van der Waals surface area contributed by atoms with Crippen LogP contribution >= 0.6 is 0 Å². The number of aryl methyl sites for hydroxylation is 1. The van der Waals surface area contributed by atoms with Gasteiger partial charge in [-0.2, -0.15) is 5.10 Å². The normalized spacial score (nSPS) is 24.0. The minimum absolute atomic E-state index is 0.292. The highest BCUT2D eigenvalue weighted by Crippen LogP contribution is 2.33. The SMILES string of the molecule is CCn1ncc(CN2CCCC(N(CCN3CCOCC3)C(=O)C3CC3)C2)c1C. The third kappa shape index (κ3) is 5.19. The van der Waals surface area contributed by atoms with Crippen LogP contribution in [0.2, 0.25) is 0 Å². The van der Waals surface area contributed by atoms with Gasteiger partial charge in [-0.3, -0.25) is 19.3 Å². The third-order valence-corrected chi connectivity index (χ3v) is 6.79. The largest absolute Gasteiger partial charge is 0.379 e. The number of morpholine rings is 1. The standard InChI is InChI=1S/C22H37N5O2/c1-3-27-18(2)20(15-23-27)16-25-8-4-5-21(17-25)26(22(28)19-6-7-19)10-9-24-11-13-29-14-12-24/h15,19,21H,3-14,16-17H2,1-2H3. The van der Waals surface area contributed by atoms with Crippen molar-refractivity contribution >= 4 is 5.91 Å². The van der Waals surface area contributed by atoms with Crippen molar-refractivity contribution in [2.75, 3.05) is 52.5 Å². The van der Waals surface area contributed by atoms with Crippen molar-refractivity contribution in [2.24, 2.45) is 5.92 Å². The molecule has 0 bridgehead atoms. The van der Waals surface area contributed by atoms with Gasteiger partial charge in [0.05, 0.1) is 19.4 Å². The van der Waals surface area contributed by atoms with Crippen molar-refractivity contribution in [3.63, 3.8) is 0 Å². The highest BCUT2D eigenvalue weighted by atomic mass is 16.5. The molecule has 2 aliphatic heterocycles. The van der Waals surface area contributed by atoms with Gasteiger partial charge in [0.2, 0.25) is 5.91 Å². The lowest BCUT2D eigenvalue weighted by molar-refractivity contribution is -0.136. The van der Waals surface area contributed by atoms with Gasteiger partial charge in [-0.05, 0) is 46.1 Å². The van der Waals surface area contributed by atoms with Crippen LogP contribution < -0.4 is 0 Å². The van der Waals surface area contributed by atoms with Gasteiger partial charge < -0.3 is 9.64 Å². The van der Waals surface area contributed by atoms with Crippen LogP contribution in [0.4, 0.5) is 0 Å². The molecule has 1 aromatic rings. The number of ether oxygens (including phenoxy) is 1. The first-order valence-corrected chi connectivity index (χ1v) is 11.5. The summed E-state index contributed by atoms with van der Waals surface area (Å²) in [6, 6.07) is 0.347. The fraction of sp³-hybridized carbons (Fsp3) is 0.818. The molecule has 0 spiro atoms. The Morgan fingerprint density at radius 3 is 2.69 bits per heavy atom. The predicted octanol–water partition coefficient (Wildman–Crippen LogP) is 1.75. The molecule has 0 aromatic carbocycles. The summed E-state index contributed by atoms with van der Waals surface area (Å²) in [7, 11) is 0. The Hall–Kier alpha value is -1.44.